The molecule has 0 amide bonds. The first-order valence-electron chi connectivity index (χ1n) is 6.04. The molecule has 0 spiro atoms. The van der Waals surface area contributed by atoms with Gasteiger partial charge in [-0.15, -0.1) is 0 Å². The molecular weight excluding hydrogens is 228 g/mol. The molecule has 2 aromatic rings. The fourth-order valence-electron chi connectivity index (χ4n) is 1.57. The third-order valence-corrected chi connectivity index (χ3v) is 2.63. The minimum Gasteiger partial charge on any atom is -0.449 e. The van der Waals surface area contributed by atoms with Gasteiger partial charge >= 0.3 is 0 Å². The van der Waals surface area contributed by atoms with Crippen LogP contribution in [0.2, 0.25) is 0 Å². The van der Waals surface area contributed by atoms with Gasteiger partial charge < -0.3 is 9.73 Å². The van der Waals surface area contributed by atoms with Crippen molar-refractivity contribution in [2.75, 3.05) is 0 Å². The second kappa shape index (κ2) is 5.27. The molecule has 0 radical (unpaired) electrons. The highest BCUT2D eigenvalue weighted by Gasteiger charge is 2.09. The van der Waals surface area contributed by atoms with E-state index in [1.165, 1.54) is 0 Å². The molecule has 0 aliphatic rings. The Morgan fingerprint density at radius 1 is 1.28 bits per heavy atom. The molecule has 18 heavy (non-hydrogen) atoms. The molecule has 0 saturated carbocycles. The predicted molar refractivity (Wildman–Crippen MR) is 69.0 cm³/mol. The monoisotopic (exact) mass is 246 g/mol. The van der Waals surface area contributed by atoms with Crippen molar-refractivity contribution in [2.45, 2.75) is 40.3 Å². The van der Waals surface area contributed by atoms with Crippen LogP contribution >= 0.6 is 0 Å². The quantitative estimate of drug-likeness (QED) is 0.896. The van der Waals surface area contributed by atoms with E-state index in [-0.39, 0.29) is 0 Å². The van der Waals surface area contributed by atoms with Crippen LogP contribution in [0.5, 0.6) is 0 Å². The van der Waals surface area contributed by atoms with Crippen LogP contribution < -0.4 is 5.32 Å². The first-order valence-corrected chi connectivity index (χ1v) is 6.04. The predicted octanol–water partition coefficient (Wildman–Crippen LogP) is 2.25. The van der Waals surface area contributed by atoms with Crippen molar-refractivity contribution in [1.82, 2.24) is 20.3 Å². The van der Waals surface area contributed by atoms with Crippen LogP contribution in [0.1, 0.15) is 31.0 Å². The summed E-state index contributed by atoms with van der Waals surface area (Å²) in [5.41, 5.74) is 2.75. The summed E-state index contributed by atoms with van der Waals surface area (Å²) in [4.78, 5) is 13.0. The smallest absolute Gasteiger partial charge is 0.191 e. The van der Waals surface area contributed by atoms with Gasteiger partial charge in [-0.05, 0) is 6.92 Å². The highest BCUT2D eigenvalue weighted by Crippen LogP contribution is 2.15. The number of nitrogens with zero attached hydrogens (tertiary/aromatic N) is 3. The first kappa shape index (κ1) is 12.7. The highest BCUT2D eigenvalue weighted by atomic mass is 16.3. The number of oxazole rings is 1. The number of nitrogens with one attached hydrogen (secondary N) is 1. The van der Waals surface area contributed by atoms with E-state index in [9.17, 15) is 0 Å². The van der Waals surface area contributed by atoms with Gasteiger partial charge in [0.2, 0.25) is 0 Å². The van der Waals surface area contributed by atoms with Crippen LogP contribution in [0.3, 0.4) is 0 Å². The standard InChI is InChI=1S/C13H18N4O/c1-8(2)14-5-11-6-15-13(16-9(11)3)12-7-18-10(4)17-12/h6-8,14H,5H2,1-4H3. The average molecular weight is 246 g/mol. The van der Waals surface area contributed by atoms with E-state index in [4.69, 9.17) is 4.42 Å². The van der Waals surface area contributed by atoms with Gasteiger partial charge in [-0.1, -0.05) is 13.8 Å². The summed E-state index contributed by atoms with van der Waals surface area (Å²) < 4.78 is 5.16. The minimum absolute atomic E-state index is 0.447. The van der Waals surface area contributed by atoms with Gasteiger partial charge in [-0.3, -0.25) is 0 Å². The number of rotatable bonds is 4. The molecule has 5 nitrogen and oxygen atoms in total. The van der Waals surface area contributed by atoms with Crippen LogP contribution in [0.4, 0.5) is 0 Å². The molecule has 0 aliphatic heterocycles. The molecule has 2 rings (SSSR count). The maximum Gasteiger partial charge on any atom is 0.191 e. The lowest BCUT2D eigenvalue weighted by Crippen LogP contribution is -2.22. The number of aromatic nitrogens is 3. The lowest BCUT2D eigenvalue weighted by Gasteiger charge is -2.09. The van der Waals surface area contributed by atoms with Crippen molar-refractivity contribution >= 4 is 0 Å². The van der Waals surface area contributed by atoms with E-state index >= 15 is 0 Å². The van der Waals surface area contributed by atoms with E-state index in [1.54, 1.807) is 13.2 Å². The Morgan fingerprint density at radius 3 is 2.61 bits per heavy atom. The highest BCUT2D eigenvalue weighted by molar-refractivity contribution is 5.47. The van der Waals surface area contributed by atoms with Crippen molar-refractivity contribution in [3.8, 4) is 11.5 Å². The van der Waals surface area contributed by atoms with E-state index in [1.807, 2.05) is 13.1 Å². The third-order valence-electron chi connectivity index (χ3n) is 2.63. The summed E-state index contributed by atoms with van der Waals surface area (Å²) in [5, 5.41) is 3.35. The molecule has 0 bridgehead atoms. The van der Waals surface area contributed by atoms with Crippen molar-refractivity contribution < 1.29 is 4.42 Å². The molecule has 0 saturated heterocycles. The molecule has 2 heterocycles. The fraction of sp³-hybridized carbons (Fsp3) is 0.462. The fourth-order valence-corrected chi connectivity index (χ4v) is 1.57. The molecule has 1 N–H and O–H groups in total. The Balaban J connectivity index is 2.19. The van der Waals surface area contributed by atoms with E-state index in [0.717, 1.165) is 17.8 Å². The van der Waals surface area contributed by atoms with Gasteiger partial charge in [0.05, 0.1) is 0 Å². The molecule has 0 aliphatic carbocycles. The Morgan fingerprint density at radius 2 is 2.06 bits per heavy atom. The normalized spacial score (nSPS) is 11.2. The molecule has 0 fully saturated rings. The molecule has 0 unspecified atom stereocenters. The van der Waals surface area contributed by atoms with Crippen LogP contribution in [0.25, 0.3) is 11.5 Å². The molecule has 2 aromatic heterocycles. The molecule has 0 atom stereocenters. The van der Waals surface area contributed by atoms with Gasteiger partial charge in [-0.2, -0.15) is 0 Å². The average Bonchev–Trinajstić information content (AvgIpc) is 2.74. The zero-order chi connectivity index (χ0) is 13.1. The maximum atomic E-state index is 5.16. The zero-order valence-corrected chi connectivity index (χ0v) is 11.2. The summed E-state index contributed by atoms with van der Waals surface area (Å²) >= 11 is 0. The Kier molecular flexibility index (Phi) is 3.72. The minimum atomic E-state index is 0.447. The molecule has 96 valence electrons. The Hall–Kier alpha value is -1.75. The van der Waals surface area contributed by atoms with Gasteiger partial charge in [0.15, 0.2) is 11.7 Å². The van der Waals surface area contributed by atoms with Crippen LogP contribution in [0.15, 0.2) is 16.9 Å². The van der Waals surface area contributed by atoms with Gasteiger partial charge in [-0.25, -0.2) is 15.0 Å². The number of hydrogen-bond donors (Lipinski definition) is 1. The van der Waals surface area contributed by atoms with Gasteiger partial charge in [0, 0.05) is 37.0 Å². The topological polar surface area (TPSA) is 63.8 Å². The van der Waals surface area contributed by atoms with Crippen molar-refractivity contribution in [2.24, 2.45) is 0 Å². The summed E-state index contributed by atoms with van der Waals surface area (Å²) in [7, 11) is 0. The lowest BCUT2D eigenvalue weighted by molar-refractivity contribution is 0.521. The van der Waals surface area contributed by atoms with Gasteiger partial charge in [0.25, 0.3) is 0 Å². The largest absolute Gasteiger partial charge is 0.449 e. The summed E-state index contributed by atoms with van der Waals surface area (Å²) in [6, 6.07) is 0.447. The second-order valence-corrected chi connectivity index (χ2v) is 4.59. The summed E-state index contributed by atoms with van der Waals surface area (Å²) in [6.07, 6.45) is 3.42. The van der Waals surface area contributed by atoms with Crippen LogP contribution in [0, 0.1) is 13.8 Å². The lowest BCUT2D eigenvalue weighted by atomic mass is 10.2. The zero-order valence-electron chi connectivity index (χ0n) is 11.2. The SMILES string of the molecule is Cc1nc(-c2ncc(CNC(C)C)c(C)n2)co1. The Bertz CT molecular complexity index is 534. The number of hydrogen-bond acceptors (Lipinski definition) is 5. The molecule has 0 aromatic carbocycles. The third kappa shape index (κ3) is 2.92. The van der Waals surface area contributed by atoms with E-state index in [2.05, 4.69) is 34.1 Å². The molecule has 5 heteroatoms. The van der Waals surface area contributed by atoms with Gasteiger partial charge in [0.1, 0.15) is 12.0 Å². The number of aryl methyl sites for hydroxylation is 2. The van der Waals surface area contributed by atoms with Crippen molar-refractivity contribution in [1.29, 1.82) is 0 Å². The maximum absolute atomic E-state index is 5.16. The Labute approximate surface area is 107 Å². The molecular formula is C13H18N4O. The van der Waals surface area contributed by atoms with E-state index < -0.39 is 0 Å². The first-order chi connectivity index (χ1) is 8.56. The van der Waals surface area contributed by atoms with Crippen molar-refractivity contribution in [3.63, 3.8) is 0 Å². The van der Waals surface area contributed by atoms with Crippen LogP contribution in [-0.2, 0) is 6.54 Å². The second-order valence-electron chi connectivity index (χ2n) is 4.59. The van der Waals surface area contributed by atoms with Crippen LogP contribution in [-0.4, -0.2) is 21.0 Å². The summed E-state index contributed by atoms with van der Waals surface area (Å²) in [6.45, 7) is 8.79. The van der Waals surface area contributed by atoms with Crippen molar-refractivity contribution in [3.05, 3.63) is 29.6 Å². The summed E-state index contributed by atoms with van der Waals surface area (Å²) in [5.74, 6) is 1.23. The van der Waals surface area contributed by atoms with E-state index in [0.29, 0.717) is 23.5 Å².